The molecule has 1 aliphatic rings. The third kappa shape index (κ3) is 2.49. The van der Waals surface area contributed by atoms with Gasteiger partial charge < -0.3 is 10.8 Å². The molecule has 2 nitrogen and oxygen atoms in total. The van der Waals surface area contributed by atoms with E-state index in [9.17, 15) is 5.11 Å². The SMILES string of the molecule is NCC(O)C1=C/C=C\C=C/C=C\1. The van der Waals surface area contributed by atoms with Gasteiger partial charge in [-0.25, -0.2) is 0 Å². The van der Waals surface area contributed by atoms with Crippen LogP contribution in [0.2, 0.25) is 0 Å². The number of rotatable bonds is 2. The summed E-state index contributed by atoms with van der Waals surface area (Å²) < 4.78 is 0. The van der Waals surface area contributed by atoms with Gasteiger partial charge >= 0.3 is 0 Å². The molecule has 0 aliphatic heterocycles. The van der Waals surface area contributed by atoms with Crippen molar-refractivity contribution in [1.82, 2.24) is 0 Å². The normalized spacial score (nSPS) is 30.7. The van der Waals surface area contributed by atoms with Crippen molar-refractivity contribution >= 4 is 0 Å². The molecular formula is C10H13NO. The summed E-state index contributed by atoms with van der Waals surface area (Å²) in [7, 11) is 0. The van der Waals surface area contributed by atoms with Gasteiger partial charge in [0.2, 0.25) is 0 Å². The number of nitrogens with two attached hydrogens (primary N) is 1. The van der Waals surface area contributed by atoms with Crippen molar-refractivity contribution in [3.63, 3.8) is 0 Å². The predicted molar refractivity (Wildman–Crippen MR) is 50.6 cm³/mol. The lowest BCUT2D eigenvalue weighted by atomic mass is 10.1. The summed E-state index contributed by atoms with van der Waals surface area (Å²) in [5.41, 5.74) is 6.17. The Morgan fingerprint density at radius 1 is 1.17 bits per heavy atom. The van der Waals surface area contributed by atoms with Gasteiger partial charge in [0.25, 0.3) is 0 Å². The van der Waals surface area contributed by atoms with Crippen LogP contribution in [0.5, 0.6) is 0 Å². The fourth-order valence-electron chi connectivity index (χ4n) is 0.940. The van der Waals surface area contributed by atoms with Gasteiger partial charge in [0.15, 0.2) is 0 Å². The molecule has 0 aromatic carbocycles. The summed E-state index contributed by atoms with van der Waals surface area (Å²) in [4.78, 5) is 0. The van der Waals surface area contributed by atoms with E-state index in [0.717, 1.165) is 5.57 Å². The molecule has 0 saturated carbocycles. The van der Waals surface area contributed by atoms with Crippen LogP contribution in [0.25, 0.3) is 0 Å². The Labute approximate surface area is 72.4 Å². The lowest BCUT2D eigenvalue weighted by molar-refractivity contribution is 0.223. The fourth-order valence-corrected chi connectivity index (χ4v) is 0.940. The van der Waals surface area contributed by atoms with Crippen molar-refractivity contribution in [1.29, 1.82) is 0 Å². The number of aliphatic hydroxyl groups is 1. The van der Waals surface area contributed by atoms with Crippen molar-refractivity contribution in [2.45, 2.75) is 6.10 Å². The molecule has 3 N–H and O–H groups in total. The van der Waals surface area contributed by atoms with E-state index < -0.39 is 6.10 Å². The fraction of sp³-hybridized carbons (Fsp3) is 0.200. The zero-order valence-electron chi connectivity index (χ0n) is 6.85. The molecule has 1 unspecified atom stereocenters. The standard InChI is InChI=1S/C10H13NO/c11-8-10(12)9-6-4-2-1-3-5-7-9/h1-7,10,12H,8,11H2/b2-1-,3-1?,4-2?,5-3-,6-4-,7-5?,9-6?,9-7+. The molecule has 1 aliphatic carbocycles. The molecule has 2 heteroatoms. The van der Waals surface area contributed by atoms with Crippen molar-refractivity contribution in [2.24, 2.45) is 5.73 Å². The topological polar surface area (TPSA) is 46.2 Å². The van der Waals surface area contributed by atoms with E-state index in [1.54, 1.807) is 0 Å². The highest BCUT2D eigenvalue weighted by Gasteiger charge is 2.03. The molecule has 0 aromatic rings. The summed E-state index contributed by atoms with van der Waals surface area (Å²) in [5.74, 6) is 0. The highest BCUT2D eigenvalue weighted by atomic mass is 16.3. The number of hydrogen-bond donors (Lipinski definition) is 2. The van der Waals surface area contributed by atoms with Gasteiger partial charge in [0.1, 0.15) is 0 Å². The van der Waals surface area contributed by atoms with Gasteiger partial charge in [-0.05, 0) is 5.57 Å². The number of aliphatic hydroxyl groups excluding tert-OH is 1. The second kappa shape index (κ2) is 4.70. The predicted octanol–water partition coefficient (Wildman–Crippen LogP) is 0.915. The minimum atomic E-state index is -0.558. The van der Waals surface area contributed by atoms with Crippen LogP contribution in [-0.4, -0.2) is 17.8 Å². The number of allylic oxidation sites excluding steroid dienone is 6. The minimum absolute atomic E-state index is 0.258. The zero-order chi connectivity index (χ0) is 8.81. The first-order valence-corrected chi connectivity index (χ1v) is 3.94. The Morgan fingerprint density at radius 2 is 1.83 bits per heavy atom. The van der Waals surface area contributed by atoms with Gasteiger partial charge in [-0.1, -0.05) is 42.5 Å². The molecule has 0 heterocycles. The van der Waals surface area contributed by atoms with Crippen molar-refractivity contribution in [3.05, 3.63) is 48.1 Å². The van der Waals surface area contributed by atoms with Gasteiger partial charge in [-0.15, -0.1) is 0 Å². The maximum Gasteiger partial charge on any atom is 0.0912 e. The van der Waals surface area contributed by atoms with Crippen LogP contribution in [-0.2, 0) is 0 Å². The first kappa shape index (κ1) is 8.97. The summed E-state index contributed by atoms with van der Waals surface area (Å²) >= 11 is 0. The van der Waals surface area contributed by atoms with E-state index in [0.29, 0.717) is 0 Å². The van der Waals surface area contributed by atoms with Crippen LogP contribution in [0.1, 0.15) is 0 Å². The van der Waals surface area contributed by atoms with E-state index in [-0.39, 0.29) is 6.54 Å². The average molecular weight is 163 g/mol. The van der Waals surface area contributed by atoms with Crippen LogP contribution in [0.3, 0.4) is 0 Å². The molecule has 0 saturated heterocycles. The van der Waals surface area contributed by atoms with E-state index in [1.165, 1.54) is 0 Å². The first-order chi connectivity index (χ1) is 5.84. The molecule has 0 radical (unpaired) electrons. The van der Waals surface area contributed by atoms with Gasteiger partial charge in [-0.2, -0.15) is 0 Å². The quantitative estimate of drug-likeness (QED) is 0.635. The van der Waals surface area contributed by atoms with Crippen LogP contribution >= 0.6 is 0 Å². The minimum Gasteiger partial charge on any atom is -0.387 e. The summed E-state index contributed by atoms with van der Waals surface area (Å²) in [6.45, 7) is 0.258. The van der Waals surface area contributed by atoms with E-state index in [4.69, 9.17) is 5.73 Å². The summed E-state index contributed by atoms with van der Waals surface area (Å²) in [6.07, 6.45) is 12.7. The van der Waals surface area contributed by atoms with Crippen LogP contribution in [0.15, 0.2) is 48.1 Å². The molecule has 0 fully saturated rings. The highest BCUT2D eigenvalue weighted by molar-refractivity contribution is 5.33. The number of hydrogen-bond acceptors (Lipinski definition) is 2. The third-order valence-corrected chi connectivity index (χ3v) is 1.63. The van der Waals surface area contributed by atoms with Gasteiger partial charge in [-0.3, -0.25) is 0 Å². The first-order valence-electron chi connectivity index (χ1n) is 3.94. The highest BCUT2D eigenvalue weighted by Crippen LogP contribution is 2.05. The largest absolute Gasteiger partial charge is 0.387 e. The van der Waals surface area contributed by atoms with Crippen LogP contribution in [0, 0.1) is 0 Å². The third-order valence-electron chi connectivity index (χ3n) is 1.63. The second-order valence-corrected chi connectivity index (χ2v) is 2.55. The van der Waals surface area contributed by atoms with Crippen molar-refractivity contribution < 1.29 is 5.11 Å². The van der Waals surface area contributed by atoms with E-state index >= 15 is 0 Å². The van der Waals surface area contributed by atoms with Crippen LogP contribution in [0.4, 0.5) is 0 Å². The Balaban J connectivity index is 2.75. The average Bonchev–Trinajstić information content (AvgIpc) is 2.02. The molecule has 0 amide bonds. The Kier molecular flexibility index (Phi) is 3.51. The van der Waals surface area contributed by atoms with Crippen molar-refractivity contribution in [3.8, 4) is 0 Å². The Morgan fingerprint density at radius 3 is 2.58 bits per heavy atom. The molecule has 0 bridgehead atoms. The molecule has 64 valence electrons. The molecule has 0 spiro atoms. The zero-order valence-corrected chi connectivity index (χ0v) is 6.85. The lowest BCUT2D eigenvalue weighted by Gasteiger charge is -2.07. The Hall–Kier alpha value is -1.12. The summed E-state index contributed by atoms with van der Waals surface area (Å²) in [5, 5.41) is 9.40. The molecule has 1 atom stereocenters. The molecule has 0 aromatic heterocycles. The van der Waals surface area contributed by atoms with Crippen molar-refractivity contribution in [2.75, 3.05) is 6.54 Å². The Bertz CT molecular complexity index is 249. The van der Waals surface area contributed by atoms with Gasteiger partial charge in [0, 0.05) is 6.54 Å². The maximum absolute atomic E-state index is 9.40. The molecule has 12 heavy (non-hydrogen) atoms. The van der Waals surface area contributed by atoms with E-state index in [1.807, 2.05) is 42.5 Å². The second-order valence-electron chi connectivity index (χ2n) is 2.55. The monoisotopic (exact) mass is 163 g/mol. The molecule has 1 rings (SSSR count). The van der Waals surface area contributed by atoms with Gasteiger partial charge in [0.05, 0.1) is 6.10 Å². The summed E-state index contributed by atoms with van der Waals surface area (Å²) in [6, 6.07) is 0. The maximum atomic E-state index is 9.40. The smallest absolute Gasteiger partial charge is 0.0912 e. The van der Waals surface area contributed by atoms with E-state index in [2.05, 4.69) is 0 Å². The lowest BCUT2D eigenvalue weighted by Crippen LogP contribution is -2.21. The molecular weight excluding hydrogens is 150 g/mol. The van der Waals surface area contributed by atoms with Crippen LogP contribution < -0.4 is 5.73 Å².